The molecule has 0 spiro atoms. The topological polar surface area (TPSA) is 103 Å². The van der Waals surface area contributed by atoms with Gasteiger partial charge in [0.2, 0.25) is 11.8 Å². The molecule has 35 heavy (non-hydrogen) atoms. The molecule has 3 aliphatic rings. The summed E-state index contributed by atoms with van der Waals surface area (Å²) in [5.41, 5.74) is 2.39. The highest BCUT2D eigenvalue weighted by Gasteiger charge is 2.38. The number of rotatable bonds is 6. The normalized spacial score (nSPS) is 23.1. The Morgan fingerprint density at radius 1 is 1.26 bits per heavy atom. The van der Waals surface area contributed by atoms with Crippen molar-refractivity contribution in [2.75, 3.05) is 11.5 Å². The van der Waals surface area contributed by atoms with Crippen molar-refractivity contribution in [2.45, 2.75) is 83.4 Å². The van der Waals surface area contributed by atoms with Gasteiger partial charge in [0, 0.05) is 46.8 Å². The van der Waals surface area contributed by atoms with Crippen molar-refractivity contribution in [2.24, 2.45) is 5.92 Å². The molecule has 10 heteroatoms. The largest absolute Gasteiger partial charge is 0.474 e. The van der Waals surface area contributed by atoms with Crippen LogP contribution in [0, 0.1) is 11.7 Å². The number of hydrogen-bond donors (Lipinski definition) is 1. The Morgan fingerprint density at radius 3 is 2.63 bits per heavy atom. The Labute approximate surface area is 205 Å². The SMILES string of the molecule is CC(C)n1nc(-c2cc(OC3CC3)ncc2F)c2c1C[C@H](C(=O)NC1(C)CCS(=O)(=O)CC1)CC2. The lowest BCUT2D eigenvalue weighted by molar-refractivity contribution is -0.127. The quantitative estimate of drug-likeness (QED) is 0.647. The highest BCUT2D eigenvalue weighted by atomic mass is 32.2. The van der Waals surface area contributed by atoms with E-state index in [-0.39, 0.29) is 35.5 Å². The van der Waals surface area contributed by atoms with Gasteiger partial charge in [-0.1, -0.05) is 0 Å². The van der Waals surface area contributed by atoms with Crippen LogP contribution in [0.5, 0.6) is 5.88 Å². The van der Waals surface area contributed by atoms with Crippen LogP contribution in [-0.4, -0.2) is 52.2 Å². The van der Waals surface area contributed by atoms with Crippen LogP contribution < -0.4 is 10.1 Å². The molecule has 2 fully saturated rings. The molecule has 0 aromatic carbocycles. The second-order valence-corrected chi connectivity index (χ2v) is 13.1. The summed E-state index contributed by atoms with van der Waals surface area (Å²) in [5, 5.41) is 7.94. The number of halogens is 1. The maximum atomic E-state index is 14.9. The number of hydrogen-bond acceptors (Lipinski definition) is 6. The molecular formula is C25H33FN4O4S. The van der Waals surface area contributed by atoms with Gasteiger partial charge in [0.05, 0.1) is 23.4 Å². The van der Waals surface area contributed by atoms with Crippen molar-refractivity contribution in [1.29, 1.82) is 0 Å². The van der Waals surface area contributed by atoms with Crippen molar-refractivity contribution in [3.63, 3.8) is 0 Å². The number of nitrogens with one attached hydrogen (secondary N) is 1. The predicted octanol–water partition coefficient (Wildman–Crippen LogP) is 3.39. The standard InChI is InChI=1S/C25H33FN4O4S/c1-15(2)30-21-12-16(24(31)28-25(3)8-10-35(32,33)11-9-25)4-7-18(21)23(29-30)19-13-22(27-14-20(19)26)34-17-5-6-17/h13-17H,4-12H2,1-3H3,(H,28,31)/t16-/m1/s1. The number of carbonyl (C=O) groups excluding carboxylic acids is 1. The number of sulfone groups is 1. The molecule has 2 aromatic heterocycles. The van der Waals surface area contributed by atoms with Crippen LogP contribution >= 0.6 is 0 Å². The zero-order valence-corrected chi connectivity index (χ0v) is 21.3. The van der Waals surface area contributed by atoms with Crippen LogP contribution in [0.1, 0.15) is 70.2 Å². The smallest absolute Gasteiger partial charge is 0.223 e. The van der Waals surface area contributed by atoms with Gasteiger partial charge in [0.15, 0.2) is 5.82 Å². The van der Waals surface area contributed by atoms with Crippen LogP contribution in [-0.2, 0) is 27.5 Å². The molecule has 2 aliphatic carbocycles. The lowest BCUT2D eigenvalue weighted by Crippen LogP contribution is -2.53. The first-order valence-electron chi connectivity index (χ1n) is 12.5. The van der Waals surface area contributed by atoms with Crippen LogP contribution in [0.2, 0.25) is 0 Å². The Morgan fingerprint density at radius 2 is 1.97 bits per heavy atom. The van der Waals surface area contributed by atoms with Crippen molar-refractivity contribution >= 4 is 15.7 Å². The van der Waals surface area contributed by atoms with Gasteiger partial charge in [0.1, 0.15) is 15.9 Å². The van der Waals surface area contributed by atoms with Gasteiger partial charge in [-0.15, -0.1) is 0 Å². The Hall–Kier alpha value is -2.49. The number of ether oxygens (including phenoxy) is 1. The monoisotopic (exact) mass is 504 g/mol. The number of aromatic nitrogens is 3. The Bertz CT molecular complexity index is 1240. The van der Waals surface area contributed by atoms with Crippen molar-refractivity contribution in [3.05, 3.63) is 29.3 Å². The molecule has 1 aliphatic heterocycles. The molecule has 190 valence electrons. The molecule has 5 rings (SSSR count). The van der Waals surface area contributed by atoms with Gasteiger partial charge in [-0.05, 0) is 59.3 Å². The van der Waals surface area contributed by atoms with E-state index in [4.69, 9.17) is 9.84 Å². The first kappa shape index (κ1) is 24.2. The molecule has 0 bridgehead atoms. The van der Waals surface area contributed by atoms with E-state index in [9.17, 15) is 17.6 Å². The fourth-order valence-electron chi connectivity index (χ4n) is 5.04. The highest BCUT2D eigenvalue weighted by molar-refractivity contribution is 7.91. The van der Waals surface area contributed by atoms with E-state index >= 15 is 0 Å². The minimum atomic E-state index is -3.01. The summed E-state index contributed by atoms with van der Waals surface area (Å²) in [6.45, 7) is 5.97. The predicted molar refractivity (Wildman–Crippen MR) is 129 cm³/mol. The average molecular weight is 505 g/mol. The van der Waals surface area contributed by atoms with Crippen LogP contribution in [0.25, 0.3) is 11.3 Å². The molecule has 8 nitrogen and oxygen atoms in total. The number of pyridine rings is 1. The first-order valence-corrected chi connectivity index (χ1v) is 14.3. The van der Waals surface area contributed by atoms with Gasteiger partial charge in [-0.2, -0.15) is 5.10 Å². The first-order chi connectivity index (χ1) is 16.5. The third-order valence-corrected chi connectivity index (χ3v) is 9.07. The van der Waals surface area contributed by atoms with E-state index in [1.165, 1.54) is 6.20 Å². The van der Waals surface area contributed by atoms with E-state index in [2.05, 4.69) is 10.3 Å². The zero-order valence-electron chi connectivity index (χ0n) is 20.5. The molecular weight excluding hydrogens is 471 g/mol. The maximum absolute atomic E-state index is 14.9. The van der Waals surface area contributed by atoms with Gasteiger partial charge >= 0.3 is 0 Å². The minimum Gasteiger partial charge on any atom is -0.474 e. The van der Waals surface area contributed by atoms with Crippen molar-refractivity contribution in [3.8, 4) is 17.1 Å². The molecule has 3 heterocycles. The van der Waals surface area contributed by atoms with E-state index in [0.29, 0.717) is 49.2 Å². The summed E-state index contributed by atoms with van der Waals surface area (Å²) in [7, 11) is -3.01. The van der Waals surface area contributed by atoms with E-state index in [1.54, 1.807) is 6.07 Å². The van der Waals surface area contributed by atoms with Crippen molar-refractivity contribution < 1.29 is 22.3 Å². The second-order valence-electron chi connectivity index (χ2n) is 10.8. The fourth-order valence-corrected chi connectivity index (χ4v) is 6.77. The van der Waals surface area contributed by atoms with E-state index in [0.717, 1.165) is 24.1 Å². The van der Waals surface area contributed by atoms with Crippen LogP contribution in [0.4, 0.5) is 4.39 Å². The van der Waals surface area contributed by atoms with Crippen molar-refractivity contribution in [1.82, 2.24) is 20.1 Å². The number of fused-ring (bicyclic) bond motifs is 1. The molecule has 2 aromatic rings. The average Bonchev–Trinajstić information content (AvgIpc) is 3.54. The second kappa shape index (κ2) is 8.87. The Balaban J connectivity index is 1.39. The Kier molecular flexibility index (Phi) is 6.14. The summed E-state index contributed by atoms with van der Waals surface area (Å²) in [4.78, 5) is 17.3. The molecule has 0 unspecified atom stereocenters. The van der Waals surface area contributed by atoms with Gasteiger partial charge in [-0.3, -0.25) is 9.48 Å². The lowest BCUT2D eigenvalue weighted by Gasteiger charge is -2.36. The van der Waals surface area contributed by atoms with Crippen LogP contribution in [0.15, 0.2) is 12.3 Å². The number of amides is 1. The molecule has 1 saturated carbocycles. The summed E-state index contributed by atoms with van der Waals surface area (Å²) in [6, 6.07) is 1.69. The van der Waals surface area contributed by atoms with Crippen LogP contribution in [0.3, 0.4) is 0 Å². The number of nitrogens with zero attached hydrogens (tertiary/aromatic N) is 3. The van der Waals surface area contributed by atoms with E-state index in [1.807, 2.05) is 25.5 Å². The summed E-state index contributed by atoms with van der Waals surface area (Å²) in [5.74, 6) is -0.114. The molecule has 1 amide bonds. The highest BCUT2D eigenvalue weighted by Crippen LogP contribution is 2.38. The lowest BCUT2D eigenvalue weighted by atomic mass is 9.84. The fraction of sp³-hybridized carbons (Fsp3) is 0.640. The minimum absolute atomic E-state index is 0.0486. The van der Waals surface area contributed by atoms with Gasteiger partial charge < -0.3 is 10.1 Å². The molecule has 1 saturated heterocycles. The summed E-state index contributed by atoms with van der Waals surface area (Å²) < 4.78 is 46.2. The summed E-state index contributed by atoms with van der Waals surface area (Å²) >= 11 is 0. The number of carbonyl (C=O) groups is 1. The van der Waals surface area contributed by atoms with E-state index < -0.39 is 21.2 Å². The third kappa shape index (κ3) is 5.08. The molecule has 0 radical (unpaired) electrons. The van der Waals surface area contributed by atoms with Gasteiger partial charge in [-0.25, -0.2) is 17.8 Å². The summed E-state index contributed by atoms with van der Waals surface area (Å²) in [6.07, 6.45) is 5.95. The maximum Gasteiger partial charge on any atom is 0.223 e. The van der Waals surface area contributed by atoms with Gasteiger partial charge in [0.25, 0.3) is 0 Å². The molecule has 1 atom stereocenters. The molecule has 1 N–H and O–H groups in total. The third-order valence-electron chi connectivity index (χ3n) is 7.41. The zero-order chi connectivity index (χ0) is 25.0.